The van der Waals surface area contributed by atoms with Gasteiger partial charge in [-0.05, 0) is 49.2 Å². The molecule has 3 aromatic rings. The number of ether oxygens (including phenoxy) is 2. The van der Waals surface area contributed by atoms with Crippen molar-refractivity contribution in [2.45, 2.75) is 18.8 Å². The first kappa shape index (κ1) is 22.2. The van der Waals surface area contributed by atoms with Crippen LogP contribution in [0.25, 0.3) is 0 Å². The Morgan fingerprint density at radius 1 is 1.00 bits per heavy atom. The zero-order valence-electron chi connectivity index (χ0n) is 18.8. The van der Waals surface area contributed by atoms with Crippen LogP contribution in [-0.4, -0.2) is 65.2 Å². The summed E-state index contributed by atoms with van der Waals surface area (Å²) in [5.41, 5.74) is 1.33. The molecule has 0 bridgehead atoms. The lowest BCUT2D eigenvalue weighted by Gasteiger charge is -2.33. The SMILES string of the molecule is O=C(c1ccnc(N2CCOCC2)c1)N1CCC[C@H](c2nccnc2Oc2ccc(F)cc2)C1. The van der Waals surface area contributed by atoms with E-state index in [0.717, 1.165) is 31.7 Å². The van der Waals surface area contributed by atoms with Gasteiger partial charge in [-0.1, -0.05) is 0 Å². The first-order valence-electron chi connectivity index (χ1n) is 11.5. The Bertz CT molecular complexity index is 1140. The average molecular weight is 464 g/mol. The molecule has 34 heavy (non-hydrogen) atoms. The smallest absolute Gasteiger partial charge is 0.254 e. The maximum atomic E-state index is 13.4. The van der Waals surface area contributed by atoms with Crippen LogP contribution in [0.4, 0.5) is 10.2 Å². The number of amides is 1. The maximum absolute atomic E-state index is 13.4. The molecular formula is C25H26FN5O3. The minimum atomic E-state index is -0.332. The van der Waals surface area contributed by atoms with Gasteiger partial charge in [0.1, 0.15) is 23.1 Å². The van der Waals surface area contributed by atoms with Crippen molar-refractivity contribution in [1.29, 1.82) is 0 Å². The number of rotatable bonds is 5. The van der Waals surface area contributed by atoms with Crippen LogP contribution in [0.1, 0.15) is 34.8 Å². The Hall–Kier alpha value is -3.59. The number of anilines is 1. The number of morpholine rings is 1. The van der Waals surface area contributed by atoms with E-state index >= 15 is 0 Å². The predicted octanol–water partition coefficient (Wildman–Crippen LogP) is 3.66. The minimum Gasteiger partial charge on any atom is -0.437 e. The average Bonchev–Trinajstić information content (AvgIpc) is 2.90. The van der Waals surface area contributed by atoms with E-state index in [1.54, 1.807) is 36.8 Å². The van der Waals surface area contributed by atoms with Gasteiger partial charge < -0.3 is 19.3 Å². The molecule has 9 heteroatoms. The highest BCUT2D eigenvalue weighted by Crippen LogP contribution is 2.33. The third-order valence-corrected chi connectivity index (χ3v) is 6.14. The van der Waals surface area contributed by atoms with E-state index in [-0.39, 0.29) is 17.6 Å². The zero-order chi connectivity index (χ0) is 23.3. The van der Waals surface area contributed by atoms with E-state index in [1.807, 2.05) is 11.0 Å². The number of carbonyl (C=O) groups is 1. The Labute approximate surface area is 197 Å². The van der Waals surface area contributed by atoms with Crippen molar-refractivity contribution in [2.24, 2.45) is 0 Å². The highest BCUT2D eigenvalue weighted by molar-refractivity contribution is 5.95. The van der Waals surface area contributed by atoms with Crippen LogP contribution in [0, 0.1) is 5.82 Å². The molecule has 1 atom stereocenters. The molecule has 0 saturated carbocycles. The van der Waals surface area contributed by atoms with E-state index in [0.29, 0.717) is 49.2 Å². The Morgan fingerprint density at radius 2 is 1.79 bits per heavy atom. The molecule has 1 amide bonds. The summed E-state index contributed by atoms with van der Waals surface area (Å²) in [4.78, 5) is 30.7. The number of halogens is 1. The molecule has 2 aliphatic rings. The number of piperidine rings is 1. The molecule has 4 heterocycles. The summed E-state index contributed by atoms with van der Waals surface area (Å²) in [5.74, 6) is 1.30. The molecule has 0 aliphatic carbocycles. The Balaban J connectivity index is 1.32. The Morgan fingerprint density at radius 3 is 2.62 bits per heavy atom. The van der Waals surface area contributed by atoms with E-state index in [4.69, 9.17) is 9.47 Å². The normalized spacial score (nSPS) is 18.6. The van der Waals surface area contributed by atoms with Crippen LogP contribution in [0.3, 0.4) is 0 Å². The minimum absolute atomic E-state index is 0.0117. The second-order valence-corrected chi connectivity index (χ2v) is 8.40. The second kappa shape index (κ2) is 10.1. The first-order valence-corrected chi connectivity index (χ1v) is 11.5. The molecule has 1 aromatic carbocycles. The van der Waals surface area contributed by atoms with Gasteiger partial charge in [0.05, 0.1) is 13.2 Å². The van der Waals surface area contributed by atoms with Crippen LogP contribution in [0.5, 0.6) is 11.6 Å². The van der Waals surface area contributed by atoms with Gasteiger partial charge >= 0.3 is 0 Å². The van der Waals surface area contributed by atoms with Crippen molar-refractivity contribution in [3.8, 4) is 11.6 Å². The van der Waals surface area contributed by atoms with Crippen LogP contribution >= 0.6 is 0 Å². The van der Waals surface area contributed by atoms with Gasteiger partial charge in [-0.15, -0.1) is 0 Å². The lowest BCUT2D eigenvalue weighted by Crippen LogP contribution is -2.40. The first-order chi connectivity index (χ1) is 16.7. The molecule has 0 unspecified atom stereocenters. The molecule has 0 spiro atoms. The van der Waals surface area contributed by atoms with E-state index in [1.165, 1.54) is 12.1 Å². The fraction of sp³-hybridized carbons (Fsp3) is 0.360. The quantitative estimate of drug-likeness (QED) is 0.571. The fourth-order valence-electron chi connectivity index (χ4n) is 4.39. The Kier molecular flexibility index (Phi) is 6.62. The summed E-state index contributed by atoms with van der Waals surface area (Å²) >= 11 is 0. The van der Waals surface area contributed by atoms with Gasteiger partial charge in [-0.3, -0.25) is 9.78 Å². The number of nitrogens with zero attached hydrogens (tertiary/aromatic N) is 5. The van der Waals surface area contributed by atoms with Gasteiger partial charge in [-0.25, -0.2) is 14.4 Å². The molecule has 2 aromatic heterocycles. The third kappa shape index (κ3) is 4.99. The summed E-state index contributed by atoms with van der Waals surface area (Å²) in [7, 11) is 0. The van der Waals surface area contributed by atoms with E-state index < -0.39 is 0 Å². The molecule has 2 aliphatic heterocycles. The van der Waals surface area contributed by atoms with Crippen LogP contribution in [0.15, 0.2) is 55.0 Å². The van der Waals surface area contributed by atoms with Crippen LogP contribution in [-0.2, 0) is 4.74 Å². The summed E-state index contributed by atoms with van der Waals surface area (Å²) in [5, 5.41) is 0. The highest BCUT2D eigenvalue weighted by Gasteiger charge is 2.29. The predicted molar refractivity (Wildman–Crippen MR) is 124 cm³/mol. The number of hydrogen-bond donors (Lipinski definition) is 0. The number of pyridine rings is 1. The van der Waals surface area contributed by atoms with Crippen molar-refractivity contribution in [2.75, 3.05) is 44.3 Å². The number of aromatic nitrogens is 3. The molecule has 0 N–H and O–H groups in total. The number of likely N-dealkylation sites (tertiary alicyclic amines) is 1. The van der Waals surface area contributed by atoms with E-state index in [9.17, 15) is 9.18 Å². The summed E-state index contributed by atoms with van der Waals surface area (Å²) < 4.78 is 24.6. The van der Waals surface area contributed by atoms with E-state index in [2.05, 4.69) is 19.9 Å². The zero-order valence-corrected chi connectivity index (χ0v) is 18.8. The molecule has 0 radical (unpaired) electrons. The maximum Gasteiger partial charge on any atom is 0.254 e. The monoisotopic (exact) mass is 463 g/mol. The van der Waals surface area contributed by atoms with Gasteiger partial charge in [0.2, 0.25) is 5.88 Å². The van der Waals surface area contributed by atoms with Crippen molar-refractivity contribution < 1.29 is 18.7 Å². The standard InChI is InChI=1S/C25H26FN5O3/c26-20-3-5-21(6-4-20)34-24-23(28-9-10-29-24)19-2-1-11-31(17-19)25(32)18-7-8-27-22(16-18)30-12-14-33-15-13-30/h3-10,16,19H,1-2,11-15,17H2/t19-/m0/s1. The van der Waals surface area contributed by atoms with Crippen molar-refractivity contribution in [3.63, 3.8) is 0 Å². The number of benzene rings is 1. The number of hydrogen-bond acceptors (Lipinski definition) is 7. The van der Waals surface area contributed by atoms with Crippen molar-refractivity contribution in [1.82, 2.24) is 19.9 Å². The van der Waals surface area contributed by atoms with Gasteiger partial charge in [0.25, 0.3) is 5.91 Å². The lowest BCUT2D eigenvalue weighted by molar-refractivity contribution is 0.0704. The summed E-state index contributed by atoms with van der Waals surface area (Å²) in [6.45, 7) is 4.05. The van der Waals surface area contributed by atoms with Crippen LogP contribution < -0.4 is 9.64 Å². The molecule has 8 nitrogen and oxygen atoms in total. The molecule has 5 rings (SSSR count). The van der Waals surface area contributed by atoms with Gasteiger partial charge in [0.15, 0.2) is 0 Å². The number of carbonyl (C=O) groups excluding carboxylic acids is 1. The summed E-state index contributed by atoms with van der Waals surface area (Å²) in [6, 6.07) is 9.42. The molecule has 2 fully saturated rings. The molecule has 2 saturated heterocycles. The van der Waals surface area contributed by atoms with Crippen molar-refractivity contribution >= 4 is 11.7 Å². The summed E-state index contributed by atoms with van der Waals surface area (Å²) in [6.07, 6.45) is 6.61. The molecular weight excluding hydrogens is 437 g/mol. The van der Waals surface area contributed by atoms with Gasteiger partial charge in [0, 0.05) is 56.3 Å². The lowest BCUT2D eigenvalue weighted by atomic mass is 9.94. The fourth-order valence-corrected chi connectivity index (χ4v) is 4.39. The molecule has 176 valence electrons. The van der Waals surface area contributed by atoms with Gasteiger partial charge in [-0.2, -0.15) is 0 Å². The topological polar surface area (TPSA) is 80.7 Å². The van der Waals surface area contributed by atoms with Crippen LogP contribution in [0.2, 0.25) is 0 Å². The second-order valence-electron chi connectivity index (χ2n) is 8.40. The van der Waals surface area contributed by atoms with Crippen molar-refractivity contribution in [3.05, 3.63) is 72.1 Å². The largest absolute Gasteiger partial charge is 0.437 e. The highest BCUT2D eigenvalue weighted by atomic mass is 19.1. The third-order valence-electron chi connectivity index (χ3n) is 6.14.